The summed E-state index contributed by atoms with van der Waals surface area (Å²) in [6.45, 7) is 1.69. The van der Waals surface area contributed by atoms with Crippen molar-refractivity contribution in [1.29, 1.82) is 0 Å². The van der Waals surface area contributed by atoms with E-state index in [0.29, 0.717) is 26.0 Å². The average molecular weight is 292 g/mol. The molecule has 0 spiro atoms. The van der Waals surface area contributed by atoms with E-state index in [9.17, 15) is 13.2 Å². The highest BCUT2D eigenvalue weighted by atomic mass is 32.2. The third-order valence-electron chi connectivity index (χ3n) is 3.32. The molecule has 0 saturated carbocycles. The normalized spacial score (nSPS) is 21.5. The SMILES string of the molecule is CNCCCC(=O)N(CCOC)C1CCS(=O)(=O)C1. The van der Waals surface area contributed by atoms with E-state index in [1.807, 2.05) is 7.05 Å². The number of rotatable bonds is 8. The fourth-order valence-corrected chi connectivity index (χ4v) is 4.01. The number of sulfone groups is 1. The number of hydrogen-bond donors (Lipinski definition) is 1. The molecule has 1 aliphatic rings. The lowest BCUT2D eigenvalue weighted by atomic mass is 10.2. The van der Waals surface area contributed by atoms with Crippen LogP contribution in [0, 0.1) is 0 Å². The fourth-order valence-electron chi connectivity index (χ4n) is 2.28. The Kier molecular flexibility index (Phi) is 6.74. The summed E-state index contributed by atoms with van der Waals surface area (Å²) in [5.74, 6) is 0.300. The van der Waals surface area contributed by atoms with Crippen LogP contribution < -0.4 is 5.32 Å². The molecule has 6 nitrogen and oxygen atoms in total. The van der Waals surface area contributed by atoms with Crippen molar-refractivity contribution in [3.05, 3.63) is 0 Å². The van der Waals surface area contributed by atoms with Crippen molar-refractivity contribution in [2.75, 3.05) is 45.4 Å². The number of carbonyl (C=O) groups excluding carboxylic acids is 1. The van der Waals surface area contributed by atoms with E-state index in [-0.39, 0.29) is 23.5 Å². The molecule has 7 heteroatoms. The van der Waals surface area contributed by atoms with Gasteiger partial charge in [-0.15, -0.1) is 0 Å². The van der Waals surface area contributed by atoms with Crippen LogP contribution >= 0.6 is 0 Å². The molecule has 1 N–H and O–H groups in total. The van der Waals surface area contributed by atoms with Gasteiger partial charge in [-0.3, -0.25) is 4.79 Å². The molecular weight excluding hydrogens is 268 g/mol. The van der Waals surface area contributed by atoms with Crippen LogP contribution in [0.1, 0.15) is 19.3 Å². The highest BCUT2D eigenvalue weighted by Gasteiger charge is 2.34. The minimum Gasteiger partial charge on any atom is -0.383 e. The average Bonchev–Trinajstić information content (AvgIpc) is 2.70. The Balaban J connectivity index is 2.58. The first-order chi connectivity index (χ1) is 9.00. The van der Waals surface area contributed by atoms with Gasteiger partial charge in [-0.05, 0) is 26.4 Å². The molecule has 1 fully saturated rings. The van der Waals surface area contributed by atoms with Crippen molar-refractivity contribution in [2.24, 2.45) is 0 Å². The summed E-state index contributed by atoms with van der Waals surface area (Å²) in [7, 11) is 0.451. The maximum atomic E-state index is 12.2. The largest absolute Gasteiger partial charge is 0.383 e. The highest BCUT2D eigenvalue weighted by molar-refractivity contribution is 7.91. The molecule has 0 aromatic carbocycles. The van der Waals surface area contributed by atoms with E-state index in [4.69, 9.17) is 4.74 Å². The Bertz CT molecular complexity index is 383. The van der Waals surface area contributed by atoms with Crippen molar-refractivity contribution < 1.29 is 17.9 Å². The Morgan fingerprint density at radius 3 is 2.74 bits per heavy atom. The van der Waals surface area contributed by atoms with Crippen molar-refractivity contribution in [3.8, 4) is 0 Å². The van der Waals surface area contributed by atoms with E-state index in [1.54, 1.807) is 12.0 Å². The number of nitrogens with one attached hydrogen (secondary N) is 1. The standard InChI is InChI=1S/C12H24N2O4S/c1-13-6-3-4-12(15)14(7-8-18-2)11-5-9-19(16,17)10-11/h11,13H,3-10H2,1-2H3. The molecule has 0 aromatic heterocycles. The van der Waals surface area contributed by atoms with Gasteiger partial charge in [0.05, 0.1) is 18.1 Å². The molecule has 112 valence electrons. The lowest BCUT2D eigenvalue weighted by Crippen LogP contribution is -2.43. The zero-order valence-electron chi connectivity index (χ0n) is 11.7. The maximum Gasteiger partial charge on any atom is 0.222 e. The summed E-state index contributed by atoms with van der Waals surface area (Å²) in [6, 6.07) is -0.178. The quantitative estimate of drug-likeness (QED) is 0.619. The van der Waals surface area contributed by atoms with Crippen LogP contribution in [0.25, 0.3) is 0 Å². The van der Waals surface area contributed by atoms with Gasteiger partial charge in [-0.1, -0.05) is 0 Å². The van der Waals surface area contributed by atoms with Gasteiger partial charge in [0.1, 0.15) is 0 Å². The third kappa shape index (κ3) is 5.46. The van der Waals surface area contributed by atoms with Crippen LogP contribution in [-0.2, 0) is 19.4 Å². The van der Waals surface area contributed by atoms with E-state index in [1.165, 1.54) is 0 Å². The number of carbonyl (C=O) groups is 1. The van der Waals surface area contributed by atoms with Gasteiger partial charge in [0.25, 0.3) is 0 Å². The van der Waals surface area contributed by atoms with Crippen LogP contribution in [0.5, 0.6) is 0 Å². The molecule has 1 atom stereocenters. The molecule has 1 aliphatic heterocycles. The van der Waals surface area contributed by atoms with Crippen LogP contribution in [0.4, 0.5) is 0 Å². The summed E-state index contributed by atoms with van der Waals surface area (Å²) in [5.41, 5.74) is 0. The number of amides is 1. The second-order valence-corrected chi connectivity index (χ2v) is 7.07. The van der Waals surface area contributed by atoms with Gasteiger partial charge >= 0.3 is 0 Å². The lowest BCUT2D eigenvalue weighted by Gasteiger charge is -2.28. The zero-order chi connectivity index (χ0) is 14.3. The number of hydrogen-bond acceptors (Lipinski definition) is 5. The Labute approximate surface area is 115 Å². The highest BCUT2D eigenvalue weighted by Crippen LogP contribution is 2.18. The second-order valence-electron chi connectivity index (χ2n) is 4.84. The van der Waals surface area contributed by atoms with Gasteiger partial charge in [0, 0.05) is 26.1 Å². The minimum atomic E-state index is -2.97. The molecule has 0 aromatic rings. The Morgan fingerprint density at radius 1 is 1.47 bits per heavy atom. The van der Waals surface area contributed by atoms with Gasteiger partial charge in [-0.2, -0.15) is 0 Å². The van der Waals surface area contributed by atoms with Gasteiger partial charge < -0.3 is 15.0 Å². The smallest absolute Gasteiger partial charge is 0.222 e. The number of nitrogens with zero attached hydrogens (tertiary/aromatic N) is 1. The molecule has 0 bridgehead atoms. The van der Waals surface area contributed by atoms with Gasteiger partial charge in [-0.25, -0.2) is 8.42 Å². The fraction of sp³-hybridized carbons (Fsp3) is 0.917. The molecule has 0 radical (unpaired) electrons. The van der Waals surface area contributed by atoms with Crippen molar-refractivity contribution in [2.45, 2.75) is 25.3 Å². The monoisotopic (exact) mass is 292 g/mol. The molecule has 1 unspecified atom stereocenters. The Hall–Kier alpha value is -0.660. The van der Waals surface area contributed by atoms with E-state index in [2.05, 4.69) is 5.32 Å². The lowest BCUT2D eigenvalue weighted by molar-refractivity contribution is -0.133. The van der Waals surface area contributed by atoms with Crippen LogP contribution in [0.2, 0.25) is 0 Å². The summed E-state index contributed by atoms with van der Waals surface area (Å²) >= 11 is 0. The van der Waals surface area contributed by atoms with Crippen molar-refractivity contribution in [3.63, 3.8) is 0 Å². The zero-order valence-corrected chi connectivity index (χ0v) is 12.5. The summed E-state index contributed by atoms with van der Waals surface area (Å²) in [4.78, 5) is 13.9. The third-order valence-corrected chi connectivity index (χ3v) is 5.07. The minimum absolute atomic E-state index is 0.0226. The molecule has 0 aliphatic carbocycles. The van der Waals surface area contributed by atoms with Gasteiger partial charge in [0.15, 0.2) is 9.84 Å². The van der Waals surface area contributed by atoms with Crippen LogP contribution in [0.15, 0.2) is 0 Å². The summed E-state index contributed by atoms with van der Waals surface area (Å²) < 4.78 is 28.0. The van der Waals surface area contributed by atoms with Crippen LogP contribution in [-0.4, -0.2) is 70.6 Å². The topological polar surface area (TPSA) is 75.7 Å². The molecule has 19 heavy (non-hydrogen) atoms. The molecule has 1 amide bonds. The first kappa shape index (κ1) is 16.4. The Morgan fingerprint density at radius 2 is 2.21 bits per heavy atom. The van der Waals surface area contributed by atoms with Crippen LogP contribution in [0.3, 0.4) is 0 Å². The molecule has 1 saturated heterocycles. The first-order valence-corrected chi connectivity index (χ1v) is 8.45. The van der Waals surface area contributed by atoms with Crippen molar-refractivity contribution in [1.82, 2.24) is 10.2 Å². The first-order valence-electron chi connectivity index (χ1n) is 6.63. The van der Waals surface area contributed by atoms with Gasteiger partial charge in [0.2, 0.25) is 5.91 Å². The predicted molar refractivity (Wildman–Crippen MR) is 73.8 cm³/mol. The number of ether oxygens (including phenoxy) is 1. The number of methoxy groups -OCH3 is 1. The second kappa shape index (κ2) is 7.81. The van der Waals surface area contributed by atoms with E-state index < -0.39 is 9.84 Å². The van der Waals surface area contributed by atoms with E-state index >= 15 is 0 Å². The maximum absolute atomic E-state index is 12.2. The van der Waals surface area contributed by atoms with Crippen molar-refractivity contribution >= 4 is 15.7 Å². The summed E-state index contributed by atoms with van der Waals surface area (Å²) in [6.07, 6.45) is 1.75. The van der Waals surface area contributed by atoms with E-state index in [0.717, 1.165) is 13.0 Å². The molecular formula is C12H24N2O4S. The molecule has 1 heterocycles. The predicted octanol–water partition coefficient (Wildman–Crippen LogP) is -0.352. The molecule has 1 rings (SSSR count). The summed E-state index contributed by atoms with van der Waals surface area (Å²) in [5, 5.41) is 3.00.